The first kappa shape index (κ1) is 10.5. The quantitative estimate of drug-likeness (QED) is 0.703. The van der Waals surface area contributed by atoms with Crippen molar-refractivity contribution in [2.45, 2.75) is 51.5 Å². The summed E-state index contributed by atoms with van der Waals surface area (Å²) in [4.78, 5) is 0. The van der Waals surface area contributed by atoms with Crippen molar-refractivity contribution in [3.63, 3.8) is 0 Å². The fraction of sp³-hybridized carbons (Fsp3) is 0.500. The topological polar surface area (TPSA) is 30.9 Å². The van der Waals surface area contributed by atoms with Crippen molar-refractivity contribution in [2.75, 3.05) is 5.73 Å². The highest BCUT2D eigenvalue weighted by molar-refractivity contribution is 5.92. The summed E-state index contributed by atoms with van der Waals surface area (Å²) < 4.78 is 2.59. The maximum Gasteiger partial charge on any atom is 0.0520 e. The molecule has 1 aromatic carbocycles. The van der Waals surface area contributed by atoms with Crippen LogP contribution in [0.15, 0.2) is 12.1 Å². The lowest BCUT2D eigenvalue weighted by atomic mass is 9.95. The molecule has 0 amide bonds. The molecule has 94 valence electrons. The number of rotatable bonds is 0. The zero-order chi connectivity index (χ0) is 12.1. The van der Waals surface area contributed by atoms with Gasteiger partial charge in [-0.25, -0.2) is 0 Å². The fourth-order valence-electron chi connectivity index (χ4n) is 3.90. The van der Waals surface area contributed by atoms with Crippen LogP contribution in [0.2, 0.25) is 0 Å². The van der Waals surface area contributed by atoms with Gasteiger partial charge in [0.25, 0.3) is 0 Å². The Balaban J connectivity index is 2.03. The minimum absolute atomic E-state index is 0.946. The van der Waals surface area contributed by atoms with Gasteiger partial charge in [-0.05, 0) is 55.4 Å². The molecule has 2 heteroatoms. The highest BCUT2D eigenvalue weighted by atomic mass is 15.0. The van der Waals surface area contributed by atoms with Gasteiger partial charge < -0.3 is 10.3 Å². The Morgan fingerprint density at radius 3 is 2.67 bits per heavy atom. The summed E-state index contributed by atoms with van der Waals surface area (Å²) in [7, 11) is 0. The number of hydrogen-bond donors (Lipinski definition) is 1. The average molecular weight is 240 g/mol. The summed E-state index contributed by atoms with van der Waals surface area (Å²) in [5.41, 5.74) is 13.2. The molecule has 2 aliphatic rings. The van der Waals surface area contributed by atoms with Gasteiger partial charge in [0.15, 0.2) is 0 Å². The molecular weight excluding hydrogens is 220 g/mol. The van der Waals surface area contributed by atoms with Gasteiger partial charge in [0.05, 0.1) is 5.52 Å². The normalized spacial score (nSPS) is 18.7. The van der Waals surface area contributed by atoms with Gasteiger partial charge in [0.2, 0.25) is 0 Å². The van der Waals surface area contributed by atoms with Crippen LogP contribution in [0.4, 0.5) is 5.69 Å². The van der Waals surface area contributed by atoms with E-state index in [2.05, 4.69) is 16.7 Å². The number of nitrogens with zero attached hydrogens (tertiary/aromatic N) is 1. The predicted molar refractivity (Wildman–Crippen MR) is 75.9 cm³/mol. The van der Waals surface area contributed by atoms with Gasteiger partial charge in [-0.15, -0.1) is 0 Å². The van der Waals surface area contributed by atoms with Gasteiger partial charge in [0, 0.05) is 23.3 Å². The average Bonchev–Trinajstić information content (AvgIpc) is 2.82. The molecule has 0 saturated carbocycles. The van der Waals surface area contributed by atoms with E-state index in [9.17, 15) is 0 Å². The minimum Gasteiger partial charge on any atom is -0.399 e. The maximum absolute atomic E-state index is 6.08. The second-order valence-corrected chi connectivity index (χ2v) is 5.82. The lowest BCUT2D eigenvalue weighted by Gasteiger charge is -2.13. The van der Waals surface area contributed by atoms with Crippen LogP contribution < -0.4 is 5.73 Å². The predicted octanol–water partition coefficient (Wildman–Crippen LogP) is 3.44. The number of nitrogens with two attached hydrogens (primary N) is 1. The van der Waals surface area contributed by atoms with Crippen LogP contribution in [0, 0.1) is 0 Å². The number of nitrogen functional groups attached to an aromatic ring is 1. The Hall–Kier alpha value is -1.44. The minimum atomic E-state index is 0.946. The van der Waals surface area contributed by atoms with Crippen LogP contribution in [-0.4, -0.2) is 4.57 Å². The lowest BCUT2D eigenvalue weighted by molar-refractivity contribution is 0.591. The molecule has 4 rings (SSSR count). The molecule has 1 aliphatic heterocycles. The largest absolute Gasteiger partial charge is 0.399 e. The van der Waals surface area contributed by atoms with Crippen LogP contribution in [0.5, 0.6) is 0 Å². The van der Waals surface area contributed by atoms with Crippen molar-refractivity contribution < 1.29 is 0 Å². The second-order valence-electron chi connectivity index (χ2n) is 5.82. The molecule has 2 heterocycles. The lowest BCUT2D eigenvalue weighted by Crippen LogP contribution is -2.05. The van der Waals surface area contributed by atoms with E-state index >= 15 is 0 Å². The smallest absolute Gasteiger partial charge is 0.0520 e. The van der Waals surface area contributed by atoms with Crippen LogP contribution in [0.3, 0.4) is 0 Å². The van der Waals surface area contributed by atoms with Crippen molar-refractivity contribution in [2.24, 2.45) is 0 Å². The summed E-state index contributed by atoms with van der Waals surface area (Å²) in [6, 6.07) is 4.39. The van der Waals surface area contributed by atoms with E-state index in [1.807, 2.05) is 0 Å². The van der Waals surface area contributed by atoms with E-state index in [0.29, 0.717) is 0 Å². The van der Waals surface area contributed by atoms with Gasteiger partial charge in [-0.1, -0.05) is 12.8 Å². The standard InChI is InChI=1S/C16H20N2/c17-12-9-11-7-8-18-15-6-4-2-1-3-5-13(15)14(10-12)16(11)18/h9-10H,1-8,17H2. The summed E-state index contributed by atoms with van der Waals surface area (Å²) in [5, 5.41) is 1.46. The number of aromatic nitrogens is 1. The van der Waals surface area contributed by atoms with Crippen molar-refractivity contribution in [1.29, 1.82) is 0 Å². The number of anilines is 1. The molecule has 18 heavy (non-hydrogen) atoms. The van der Waals surface area contributed by atoms with E-state index in [1.165, 1.54) is 68.0 Å². The Morgan fingerprint density at radius 2 is 1.78 bits per heavy atom. The maximum atomic E-state index is 6.08. The zero-order valence-electron chi connectivity index (χ0n) is 10.8. The molecule has 2 N–H and O–H groups in total. The van der Waals surface area contributed by atoms with Gasteiger partial charge in [-0.2, -0.15) is 0 Å². The molecule has 0 saturated heterocycles. The first-order chi connectivity index (χ1) is 8.84. The monoisotopic (exact) mass is 240 g/mol. The first-order valence-electron chi connectivity index (χ1n) is 7.27. The van der Waals surface area contributed by atoms with E-state index in [-0.39, 0.29) is 0 Å². The number of benzene rings is 1. The molecule has 1 aromatic heterocycles. The zero-order valence-corrected chi connectivity index (χ0v) is 10.8. The van der Waals surface area contributed by atoms with Crippen molar-refractivity contribution >= 4 is 16.6 Å². The van der Waals surface area contributed by atoms with Crippen LogP contribution in [0.1, 0.15) is 42.5 Å². The molecule has 0 spiro atoms. The van der Waals surface area contributed by atoms with Crippen molar-refractivity contribution in [3.8, 4) is 0 Å². The Bertz CT molecular complexity index is 622. The summed E-state index contributed by atoms with van der Waals surface area (Å²) in [5.74, 6) is 0. The third-order valence-corrected chi connectivity index (χ3v) is 4.68. The fourth-order valence-corrected chi connectivity index (χ4v) is 3.90. The number of hydrogen-bond acceptors (Lipinski definition) is 1. The van der Waals surface area contributed by atoms with E-state index < -0.39 is 0 Å². The summed E-state index contributed by atoms with van der Waals surface area (Å²) in [6.07, 6.45) is 9.18. The molecule has 1 aliphatic carbocycles. The third kappa shape index (κ3) is 1.35. The van der Waals surface area contributed by atoms with Gasteiger partial charge >= 0.3 is 0 Å². The van der Waals surface area contributed by atoms with Crippen LogP contribution in [-0.2, 0) is 25.8 Å². The number of aryl methyl sites for hydroxylation is 3. The SMILES string of the molecule is Nc1cc2c3c(c1)c1c(n3CC2)CCCCCC1. The third-order valence-electron chi connectivity index (χ3n) is 4.68. The Morgan fingerprint density at radius 1 is 0.944 bits per heavy atom. The number of fused-ring (bicyclic) bond motifs is 3. The summed E-state index contributed by atoms with van der Waals surface area (Å²) >= 11 is 0. The Labute approximate surface area is 108 Å². The highest BCUT2D eigenvalue weighted by Gasteiger charge is 2.24. The molecular formula is C16H20N2. The van der Waals surface area contributed by atoms with Crippen LogP contribution in [0.25, 0.3) is 10.9 Å². The van der Waals surface area contributed by atoms with Crippen molar-refractivity contribution in [1.82, 2.24) is 4.57 Å². The summed E-state index contributed by atoms with van der Waals surface area (Å²) in [6.45, 7) is 1.17. The van der Waals surface area contributed by atoms with Crippen LogP contribution >= 0.6 is 0 Å². The highest BCUT2D eigenvalue weighted by Crippen LogP contribution is 2.37. The molecule has 0 bridgehead atoms. The molecule has 0 radical (unpaired) electrons. The first-order valence-corrected chi connectivity index (χ1v) is 7.27. The van der Waals surface area contributed by atoms with E-state index in [0.717, 1.165) is 5.69 Å². The second kappa shape index (κ2) is 3.78. The van der Waals surface area contributed by atoms with Crippen molar-refractivity contribution in [3.05, 3.63) is 29.0 Å². The van der Waals surface area contributed by atoms with E-state index in [1.54, 1.807) is 11.3 Å². The molecule has 0 atom stereocenters. The Kier molecular flexibility index (Phi) is 2.20. The molecule has 2 nitrogen and oxygen atoms in total. The van der Waals surface area contributed by atoms with E-state index in [4.69, 9.17) is 5.73 Å². The van der Waals surface area contributed by atoms with Gasteiger partial charge in [0.1, 0.15) is 0 Å². The molecule has 0 fully saturated rings. The molecule has 0 unspecified atom stereocenters. The van der Waals surface area contributed by atoms with Gasteiger partial charge in [-0.3, -0.25) is 0 Å². The molecule has 2 aromatic rings.